The lowest BCUT2D eigenvalue weighted by Crippen LogP contribution is -2.35. The Morgan fingerprint density at radius 2 is 2.05 bits per heavy atom. The standard InChI is InChI=1S/C17H23NO/c1-2-4-16-13-17(6-5-15(16)3-1)18-10-7-14-8-11-19-12-9-14/h1-4,8,17-18H,5-7,9-13H2/t17-/m1/s1. The van der Waals surface area contributed by atoms with E-state index in [9.17, 15) is 0 Å². The third kappa shape index (κ3) is 3.46. The summed E-state index contributed by atoms with van der Waals surface area (Å²) in [4.78, 5) is 0. The first-order chi connectivity index (χ1) is 9.42. The fourth-order valence-corrected chi connectivity index (χ4v) is 3.10. The third-order valence-electron chi connectivity index (χ3n) is 4.28. The zero-order valence-electron chi connectivity index (χ0n) is 11.5. The summed E-state index contributed by atoms with van der Waals surface area (Å²) in [5.74, 6) is 0. The fourth-order valence-electron chi connectivity index (χ4n) is 3.10. The highest BCUT2D eigenvalue weighted by atomic mass is 16.5. The number of rotatable bonds is 4. The highest BCUT2D eigenvalue weighted by Crippen LogP contribution is 2.21. The number of nitrogens with one attached hydrogen (secondary N) is 1. The van der Waals surface area contributed by atoms with Crippen molar-refractivity contribution in [2.45, 2.75) is 38.1 Å². The van der Waals surface area contributed by atoms with E-state index in [0.29, 0.717) is 6.04 Å². The number of fused-ring (bicyclic) bond motifs is 1. The average Bonchev–Trinajstić information content (AvgIpc) is 2.48. The summed E-state index contributed by atoms with van der Waals surface area (Å²) in [5, 5.41) is 3.73. The van der Waals surface area contributed by atoms with E-state index in [2.05, 4.69) is 35.7 Å². The maximum Gasteiger partial charge on any atom is 0.0650 e. The molecule has 0 saturated heterocycles. The molecule has 0 spiro atoms. The molecule has 19 heavy (non-hydrogen) atoms. The number of ether oxygens (including phenoxy) is 1. The molecule has 0 aromatic heterocycles. The van der Waals surface area contributed by atoms with Crippen LogP contribution in [0.5, 0.6) is 0 Å². The molecule has 0 fully saturated rings. The van der Waals surface area contributed by atoms with Crippen molar-refractivity contribution in [2.24, 2.45) is 0 Å². The normalized spacial score (nSPS) is 22.7. The molecular formula is C17H23NO. The van der Waals surface area contributed by atoms with Crippen molar-refractivity contribution < 1.29 is 4.74 Å². The Labute approximate surface area is 115 Å². The molecule has 3 rings (SSSR count). The average molecular weight is 257 g/mol. The fraction of sp³-hybridized carbons (Fsp3) is 0.529. The Bertz CT molecular complexity index is 452. The van der Waals surface area contributed by atoms with E-state index in [1.165, 1.54) is 31.2 Å². The van der Waals surface area contributed by atoms with Crippen LogP contribution in [0.15, 0.2) is 35.9 Å². The van der Waals surface area contributed by atoms with E-state index in [0.717, 1.165) is 26.2 Å². The molecule has 0 amide bonds. The summed E-state index contributed by atoms with van der Waals surface area (Å²) in [6.45, 7) is 2.83. The van der Waals surface area contributed by atoms with Gasteiger partial charge in [-0.3, -0.25) is 0 Å². The molecule has 1 atom stereocenters. The van der Waals surface area contributed by atoms with Gasteiger partial charge in [-0.25, -0.2) is 0 Å². The van der Waals surface area contributed by atoms with Gasteiger partial charge in [0, 0.05) is 6.04 Å². The van der Waals surface area contributed by atoms with Gasteiger partial charge in [-0.15, -0.1) is 0 Å². The van der Waals surface area contributed by atoms with Gasteiger partial charge in [0.1, 0.15) is 0 Å². The van der Waals surface area contributed by atoms with Crippen molar-refractivity contribution in [2.75, 3.05) is 19.8 Å². The van der Waals surface area contributed by atoms with Gasteiger partial charge in [-0.05, 0) is 49.8 Å². The second-order valence-electron chi connectivity index (χ2n) is 5.60. The van der Waals surface area contributed by atoms with Gasteiger partial charge >= 0.3 is 0 Å². The van der Waals surface area contributed by atoms with E-state index < -0.39 is 0 Å². The van der Waals surface area contributed by atoms with Crippen molar-refractivity contribution in [1.29, 1.82) is 0 Å². The number of hydrogen-bond donors (Lipinski definition) is 1. The van der Waals surface area contributed by atoms with Gasteiger partial charge in [-0.1, -0.05) is 35.9 Å². The summed E-state index contributed by atoms with van der Waals surface area (Å²) in [6, 6.07) is 9.54. The van der Waals surface area contributed by atoms with Crippen LogP contribution in [0.1, 0.15) is 30.4 Å². The molecule has 0 unspecified atom stereocenters. The highest BCUT2D eigenvalue weighted by molar-refractivity contribution is 5.30. The topological polar surface area (TPSA) is 21.3 Å². The molecule has 0 saturated carbocycles. The van der Waals surface area contributed by atoms with E-state index in [-0.39, 0.29) is 0 Å². The zero-order valence-corrected chi connectivity index (χ0v) is 11.5. The molecule has 2 nitrogen and oxygen atoms in total. The second kappa shape index (κ2) is 6.36. The molecule has 1 aliphatic heterocycles. The summed E-state index contributed by atoms with van der Waals surface area (Å²) >= 11 is 0. The van der Waals surface area contributed by atoms with Crippen LogP contribution in [0.3, 0.4) is 0 Å². The zero-order chi connectivity index (χ0) is 12.9. The lowest BCUT2D eigenvalue weighted by Gasteiger charge is -2.26. The minimum atomic E-state index is 0.662. The lowest BCUT2D eigenvalue weighted by molar-refractivity contribution is 0.153. The van der Waals surface area contributed by atoms with Crippen LogP contribution >= 0.6 is 0 Å². The maximum absolute atomic E-state index is 5.34. The molecule has 1 aromatic carbocycles. The third-order valence-corrected chi connectivity index (χ3v) is 4.28. The number of benzene rings is 1. The molecule has 1 aliphatic carbocycles. The van der Waals surface area contributed by atoms with Crippen molar-refractivity contribution in [3.8, 4) is 0 Å². The van der Waals surface area contributed by atoms with Crippen LogP contribution in [-0.2, 0) is 17.6 Å². The Hall–Kier alpha value is -1.12. The Morgan fingerprint density at radius 1 is 1.16 bits per heavy atom. The molecule has 0 bridgehead atoms. The summed E-state index contributed by atoms with van der Waals surface area (Å²) < 4.78 is 5.34. The second-order valence-corrected chi connectivity index (χ2v) is 5.60. The van der Waals surface area contributed by atoms with E-state index in [4.69, 9.17) is 4.74 Å². The number of hydrogen-bond acceptors (Lipinski definition) is 2. The molecule has 102 valence electrons. The van der Waals surface area contributed by atoms with E-state index in [1.54, 1.807) is 11.1 Å². The van der Waals surface area contributed by atoms with Crippen LogP contribution in [0.4, 0.5) is 0 Å². The highest BCUT2D eigenvalue weighted by Gasteiger charge is 2.17. The van der Waals surface area contributed by atoms with Crippen LogP contribution in [-0.4, -0.2) is 25.8 Å². The van der Waals surface area contributed by atoms with Crippen LogP contribution in [0, 0.1) is 0 Å². The first-order valence-corrected chi connectivity index (χ1v) is 7.47. The Morgan fingerprint density at radius 3 is 2.89 bits per heavy atom. The molecule has 2 heteroatoms. The minimum absolute atomic E-state index is 0.662. The summed E-state index contributed by atoms with van der Waals surface area (Å²) in [5.41, 5.74) is 4.65. The first kappa shape index (κ1) is 12.9. The van der Waals surface area contributed by atoms with Gasteiger partial charge in [0.15, 0.2) is 0 Å². The van der Waals surface area contributed by atoms with Crippen LogP contribution < -0.4 is 5.32 Å². The van der Waals surface area contributed by atoms with Crippen LogP contribution in [0.2, 0.25) is 0 Å². The van der Waals surface area contributed by atoms with Crippen molar-refractivity contribution >= 4 is 0 Å². The molecule has 1 heterocycles. The first-order valence-electron chi connectivity index (χ1n) is 7.47. The van der Waals surface area contributed by atoms with E-state index >= 15 is 0 Å². The van der Waals surface area contributed by atoms with Crippen molar-refractivity contribution in [1.82, 2.24) is 5.32 Å². The molecule has 2 aliphatic rings. The molecular weight excluding hydrogens is 234 g/mol. The lowest BCUT2D eigenvalue weighted by atomic mass is 9.88. The minimum Gasteiger partial charge on any atom is -0.377 e. The molecule has 1 N–H and O–H groups in total. The number of aryl methyl sites for hydroxylation is 1. The van der Waals surface area contributed by atoms with Gasteiger partial charge < -0.3 is 10.1 Å². The van der Waals surface area contributed by atoms with Gasteiger partial charge in [-0.2, -0.15) is 0 Å². The van der Waals surface area contributed by atoms with Gasteiger partial charge in [0.25, 0.3) is 0 Å². The maximum atomic E-state index is 5.34. The predicted octanol–water partition coefficient (Wildman–Crippen LogP) is 2.87. The summed E-state index contributed by atoms with van der Waals surface area (Å²) in [7, 11) is 0. The predicted molar refractivity (Wildman–Crippen MR) is 78.4 cm³/mol. The largest absolute Gasteiger partial charge is 0.377 e. The smallest absolute Gasteiger partial charge is 0.0650 e. The van der Waals surface area contributed by atoms with Gasteiger partial charge in [0.05, 0.1) is 13.2 Å². The van der Waals surface area contributed by atoms with Gasteiger partial charge in [0.2, 0.25) is 0 Å². The molecule has 1 aromatic rings. The van der Waals surface area contributed by atoms with Crippen LogP contribution in [0.25, 0.3) is 0 Å². The van der Waals surface area contributed by atoms with Crippen molar-refractivity contribution in [3.63, 3.8) is 0 Å². The Kier molecular flexibility index (Phi) is 4.31. The SMILES string of the molecule is C1=C(CCN[C@@H]2CCc3ccccc3C2)CCOC1. The van der Waals surface area contributed by atoms with E-state index in [1.807, 2.05) is 0 Å². The molecule has 0 radical (unpaired) electrons. The monoisotopic (exact) mass is 257 g/mol. The summed E-state index contributed by atoms with van der Waals surface area (Å²) in [6.07, 6.45) is 8.25. The Balaban J connectivity index is 1.46. The van der Waals surface area contributed by atoms with Crippen molar-refractivity contribution in [3.05, 3.63) is 47.0 Å². The quantitative estimate of drug-likeness (QED) is 0.837.